The zero-order valence-corrected chi connectivity index (χ0v) is 18.7. The van der Waals surface area contributed by atoms with E-state index in [9.17, 15) is 19.5 Å². The highest BCUT2D eigenvalue weighted by atomic mass is 32.2. The Morgan fingerprint density at radius 3 is 2.35 bits per heavy atom. The summed E-state index contributed by atoms with van der Waals surface area (Å²) in [6.45, 7) is -0.411. The predicted octanol–water partition coefficient (Wildman–Crippen LogP) is 2.66. The Morgan fingerprint density at radius 1 is 1.10 bits per heavy atom. The van der Waals surface area contributed by atoms with Crippen LogP contribution < -0.4 is 5.32 Å². The van der Waals surface area contributed by atoms with Crippen molar-refractivity contribution in [3.63, 3.8) is 0 Å². The van der Waals surface area contributed by atoms with Gasteiger partial charge in [-0.25, -0.2) is 0 Å². The number of benzene rings is 2. The molecule has 0 bridgehead atoms. The fraction of sp³-hybridized carbons (Fsp3) is 0.348. The molecule has 6 nitrogen and oxygen atoms in total. The molecule has 1 unspecified atom stereocenters. The van der Waals surface area contributed by atoms with Crippen LogP contribution in [0.4, 0.5) is 0 Å². The van der Waals surface area contributed by atoms with Gasteiger partial charge in [0.15, 0.2) is 0 Å². The number of thiol groups is 1. The van der Waals surface area contributed by atoms with E-state index in [2.05, 4.69) is 17.9 Å². The summed E-state index contributed by atoms with van der Waals surface area (Å²) in [7, 11) is 0. The highest BCUT2D eigenvalue weighted by Crippen LogP contribution is 2.29. The SMILES string of the molecule is O=C(O)CN1C(=O)[C@@H](NC(=O)C(CS)Cc2ccccc2)CSC[C@H]1c1ccccc1. The average molecular weight is 459 g/mol. The first-order valence-electron chi connectivity index (χ1n) is 10.1. The monoisotopic (exact) mass is 458 g/mol. The van der Waals surface area contributed by atoms with Crippen LogP contribution in [-0.4, -0.2) is 57.6 Å². The van der Waals surface area contributed by atoms with Crippen LogP contribution in [-0.2, 0) is 20.8 Å². The van der Waals surface area contributed by atoms with Gasteiger partial charge in [-0.05, 0) is 17.5 Å². The molecule has 0 saturated carbocycles. The Hall–Kier alpha value is -2.45. The van der Waals surface area contributed by atoms with E-state index in [1.807, 2.05) is 60.7 Å². The van der Waals surface area contributed by atoms with Gasteiger partial charge < -0.3 is 15.3 Å². The van der Waals surface area contributed by atoms with Crippen molar-refractivity contribution in [3.8, 4) is 0 Å². The minimum Gasteiger partial charge on any atom is -0.480 e. The maximum absolute atomic E-state index is 13.3. The number of carboxylic acids is 1. The Balaban J connectivity index is 1.75. The van der Waals surface area contributed by atoms with Crippen LogP contribution >= 0.6 is 24.4 Å². The number of carboxylic acid groups (broad SMARTS) is 1. The number of thioether (sulfide) groups is 1. The Morgan fingerprint density at radius 2 is 1.74 bits per heavy atom. The van der Waals surface area contributed by atoms with Gasteiger partial charge in [-0.15, -0.1) is 0 Å². The van der Waals surface area contributed by atoms with Gasteiger partial charge in [0, 0.05) is 17.3 Å². The third kappa shape index (κ3) is 6.27. The Bertz CT molecular complexity index is 895. The van der Waals surface area contributed by atoms with Crippen LogP contribution in [0.15, 0.2) is 60.7 Å². The molecule has 0 radical (unpaired) electrons. The topological polar surface area (TPSA) is 86.7 Å². The lowest BCUT2D eigenvalue weighted by atomic mass is 9.99. The molecule has 1 aliphatic heterocycles. The number of hydrogen-bond donors (Lipinski definition) is 3. The van der Waals surface area contributed by atoms with Gasteiger partial charge in [0.05, 0.1) is 12.0 Å². The number of nitrogens with one attached hydrogen (secondary N) is 1. The van der Waals surface area contributed by atoms with Gasteiger partial charge in [-0.1, -0.05) is 60.7 Å². The second-order valence-corrected chi connectivity index (χ2v) is 8.89. The van der Waals surface area contributed by atoms with Crippen LogP contribution in [0.5, 0.6) is 0 Å². The standard InChI is InChI=1S/C23H26N2O4S2/c26-21(27)12-25-20(17-9-5-2-6-10-17)15-31-14-19(23(25)29)24-22(28)18(13-30)11-16-7-3-1-4-8-16/h1-10,18-20,30H,11-15H2,(H,24,28)(H,26,27)/t18?,19-,20-/m0/s1. The molecule has 3 atom stereocenters. The lowest BCUT2D eigenvalue weighted by Gasteiger charge is -2.30. The lowest BCUT2D eigenvalue weighted by Crippen LogP contribution is -2.52. The number of nitrogens with zero attached hydrogens (tertiary/aromatic N) is 1. The predicted molar refractivity (Wildman–Crippen MR) is 125 cm³/mol. The third-order valence-electron chi connectivity index (χ3n) is 5.24. The van der Waals surface area contributed by atoms with E-state index in [1.54, 1.807) is 0 Å². The highest BCUT2D eigenvalue weighted by molar-refractivity contribution is 7.99. The molecule has 2 N–H and O–H groups in total. The molecule has 1 heterocycles. The van der Waals surface area contributed by atoms with E-state index >= 15 is 0 Å². The smallest absolute Gasteiger partial charge is 0.323 e. The van der Waals surface area contributed by atoms with E-state index in [0.717, 1.165) is 11.1 Å². The van der Waals surface area contributed by atoms with Crippen LogP contribution in [0.1, 0.15) is 17.2 Å². The molecule has 3 rings (SSSR count). The van der Waals surface area contributed by atoms with E-state index in [4.69, 9.17) is 0 Å². The molecule has 0 aromatic heterocycles. The molecule has 8 heteroatoms. The first kappa shape index (κ1) is 23.2. The molecule has 1 fully saturated rings. The molecular formula is C23H26N2O4S2. The molecule has 2 aromatic carbocycles. The zero-order valence-electron chi connectivity index (χ0n) is 17.0. The van der Waals surface area contributed by atoms with Crippen molar-refractivity contribution in [2.24, 2.45) is 5.92 Å². The fourth-order valence-electron chi connectivity index (χ4n) is 3.63. The number of rotatable bonds is 8. The van der Waals surface area contributed by atoms with Gasteiger partial charge in [0.25, 0.3) is 0 Å². The van der Waals surface area contributed by atoms with Crippen molar-refractivity contribution >= 4 is 42.2 Å². The van der Waals surface area contributed by atoms with Crippen molar-refractivity contribution in [3.05, 3.63) is 71.8 Å². The molecule has 2 amide bonds. The summed E-state index contributed by atoms with van der Waals surface area (Å²) >= 11 is 5.87. The van der Waals surface area contributed by atoms with Crippen molar-refractivity contribution in [2.45, 2.75) is 18.5 Å². The average Bonchev–Trinajstić information content (AvgIpc) is 2.92. The van der Waals surface area contributed by atoms with E-state index in [0.29, 0.717) is 23.7 Å². The van der Waals surface area contributed by atoms with E-state index in [-0.39, 0.29) is 23.8 Å². The van der Waals surface area contributed by atoms with Gasteiger partial charge in [0.1, 0.15) is 12.6 Å². The van der Waals surface area contributed by atoms with Crippen molar-refractivity contribution < 1.29 is 19.5 Å². The maximum Gasteiger partial charge on any atom is 0.323 e. The minimum absolute atomic E-state index is 0.244. The maximum atomic E-state index is 13.3. The summed E-state index contributed by atoms with van der Waals surface area (Å²) in [4.78, 5) is 39.1. The number of hydrogen-bond acceptors (Lipinski definition) is 5. The van der Waals surface area contributed by atoms with Crippen LogP contribution in [0.25, 0.3) is 0 Å². The summed E-state index contributed by atoms with van der Waals surface area (Å²) in [5.41, 5.74) is 1.91. The summed E-state index contributed by atoms with van der Waals surface area (Å²) in [6, 6.07) is 17.9. The zero-order chi connectivity index (χ0) is 22.2. The molecule has 164 valence electrons. The second kappa shape index (κ2) is 11.2. The number of amides is 2. The van der Waals surface area contributed by atoms with Crippen molar-refractivity contribution in [2.75, 3.05) is 23.8 Å². The van der Waals surface area contributed by atoms with Crippen LogP contribution in [0, 0.1) is 5.92 Å². The van der Waals surface area contributed by atoms with Crippen LogP contribution in [0.2, 0.25) is 0 Å². The van der Waals surface area contributed by atoms with Crippen molar-refractivity contribution in [1.29, 1.82) is 0 Å². The van der Waals surface area contributed by atoms with Gasteiger partial charge >= 0.3 is 5.97 Å². The van der Waals surface area contributed by atoms with Crippen molar-refractivity contribution in [1.82, 2.24) is 10.2 Å². The molecule has 1 saturated heterocycles. The first-order valence-corrected chi connectivity index (χ1v) is 11.9. The normalized spacial score (nSPS) is 20.0. The second-order valence-electron chi connectivity index (χ2n) is 7.45. The Labute approximate surface area is 191 Å². The molecule has 1 aliphatic rings. The minimum atomic E-state index is -1.08. The van der Waals surface area contributed by atoms with E-state index in [1.165, 1.54) is 16.7 Å². The number of carbonyl (C=O) groups excluding carboxylic acids is 2. The summed E-state index contributed by atoms with van der Waals surface area (Å²) in [6.07, 6.45) is 0.524. The fourth-order valence-corrected chi connectivity index (χ4v) is 5.12. The lowest BCUT2D eigenvalue weighted by molar-refractivity contribution is -0.147. The van der Waals surface area contributed by atoms with Gasteiger partial charge in [-0.3, -0.25) is 14.4 Å². The molecule has 0 spiro atoms. The third-order valence-corrected chi connectivity index (χ3v) is 6.80. The van der Waals surface area contributed by atoms with Gasteiger partial charge in [0.2, 0.25) is 11.8 Å². The summed E-state index contributed by atoms with van der Waals surface area (Å²) < 4.78 is 0. The quantitative estimate of drug-likeness (QED) is 0.530. The summed E-state index contributed by atoms with van der Waals surface area (Å²) in [5, 5.41) is 12.3. The molecule has 0 aliphatic carbocycles. The number of carbonyl (C=O) groups is 3. The number of aliphatic carboxylic acids is 1. The Kier molecular flexibility index (Phi) is 8.43. The molecule has 31 heavy (non-hydrogen) atoms. The first-order chi connectivity index (χ1) is 15.0. The van der Waals surface area contributed by atoms with Crippen LogP contribution in [0.3, 0.4) is 0 Å². The van der Waals surface area contributed by atoms with E-state index < -0.39 is 18.6 Å². The summed E-state index contributed by atoms with van der Waals surface area (Å²) in [5.74, 6) is -0.767. The highest BCUT2D eigenvalue weighted by Gasteiger charge is 2.36. The molecular weight excluding hydrogens is 432 g/mol. The molecule has 2 aromatic rings. The largest absolute Gasteiger partial charge is 0.480 e. The van der Waals surface area contributed by atoms with Gasteiger partial charge in [-0.2, -0.15) is 24.4 Å².